The summed E-state index contributed by atoms with van der Waals surface area (Å²) in [5.74, 6) is 4.40. The molecule has 0 atom stereocenters. The molecule has 0 radical (unpaired) electrons. The van der Waals surface area contributed by atoms with Gasteiger partial charge in [-0.25, -0.2) is 0 Å². The Morgan fingerprint density at radius 3 is 2.86 bits per heavy atom. The van der Waals surface area contributed by atoms with E-state index in [2.05, 4.69) is 26.5 Å². The molecule has 1 aromatic rings. The molecule has 0 bridgehead atoms. The van der Waals surface area contributed by atoms with Crippen LogP contribution in [0, 0.1) is 17.6 Å². The highest BCUT2D eigenvalue weighted by atomic mass is 32.2. The molecule has 0 unspecified atom stereocenters. The van der Waals surface area contributed by atoms with Gasteiger partial charge in [0, 0.05) is 6.54 Å². The van der Waals surface area contributed by atoms with E-state index < -0.39 is 0 Å². The van der Waals surface area contributed by atoms with Gasteiger partial charge in [0.25, 0.3) is 0 Å². The van der Waals surface area contributed by atoms with Crippen molar-refractivity contribution in [3.63, 3.8) is 0 Å². The zero-order valence-electron chi connectivity index (χ0n) is 8.32. The summed E-state index contributed by atoms with van der Waals surface area (Å²) >= 11 is 7.24. The van der Waals surface area contributed by atoms with E-state index in [0.29, 0.717) is 0 Å². The van der Waals surface area contributed by atoms with Crippen LogP contribution in [0.1, 0.15) is 18.7 Å². The number of hydrogen-bond donors (Lipinski definition) is 1. The van der Waals surface area contributed by atoms with Crippen LogP contribution in [0.4, 0.5) is 0 Å². The van der Waals surface area contributed by atoms with Gasteiger partial charge in [0.2, 0.25) is 0 Å². The molecule has 2 rings (SSSR count). The largest absolute Gasteiger partial charge is 0.304 e. The molecule has 1 aliphatic rings. The topological polar surface area (TPSA) is 33.6 Å². The lowest BCUT2D eigenvalue weighted by Gasteiger charge is -2.21. The first kappa shape index (κ1) is 10.2. The van der Waals surface area contributed by atoms with Crippen molar-refractivity contribution >= 4 is 24.0 Å². The second-order valence-corrected chi connectivity index (χ2v) is 5.35. The van der Waals surface area contributed by atoms with E-state index in [1.807, 2.05) is 6.92 Å². The van der Waals surface area contributed by atoms with Gasteiger partial charge in [-0.15, -0.1) is 0 Å². The summed E-state index contributed by atoms with van der Waals surface area (Å²) in [6.07, 6.45) is 2.63. The Morgan fingerprint density at radius 2 is 2.29 bits per heavy atom. The number of aryl methyl sites for hydroxylation is 1. The molecule has 1 aromatic heterocycles. The predicted molar refractivity (Wildman–Crippen MR) is 62.2 cm³/mol. The van der Waals surface area contributed by atoms with E-state index in [0.717, 1.165) is 23.1 Å². The Balaban J connectivity index is 2.06. The van der Waals surface area contributed by atoms with Crippen LogP contribution >= 0.6 is 24.0 Å². The van der Waals surface area contributed by atoms with Gasteiger partial charge in [0.15, 0.2) is 4.77 Å². The molecule has 0 aliphatic carbocycles. The summed E-state index contributed by atoms with van der Waals surface area (Å²) in [7, 11) is 0. The van der Waals surface area contributed by atoms with Crippen LogP contribution in [-0.4, -0.2) is 26.3 Å². The van der Waals surface area contributed by atoms with Crippen molar-refractivity contribution in [3.8, 4) is 0 Å². The summed E-state index contributed by atoms with van der Waals surface area (Å²) in [6.45, 7) is 3.05. The molecule has 1 saturated heterocycles. The van der Waals surface area contributed by atoms with Gasteiger partial charge >= 0.3 is 0 Å². The van der Waals surface area contributed by atoms with Crippen LogP contribution in [0.15, 0.2) is 0 Å². The average Bonchev–Trinajstić information content (AvgIpc) is 2.51. The Labute approximate surface area is 93.3 Å². The van der Waals surface area contributed by atoms with Crippen molar-refractivity contribution in [1.29, 1.82) is 0 Å². The molecular weight excluding hydrogens is 214 g/mol. The maximum atomic E-state index is 5.18. The Morgan fingerprint density at radius 1 is 1.57 bits per heavy atom. The SMILES string of the molecule is Cc1n[nH]c(=S)n1CC1CCSCC1. The third-order valence-electron chi connectivity index (χ3n) is 2.73. The lowest BCUT2D eigenvalue weighted by atomic mass is 10.0. The van der Waals surface area contributed by atoms with Crippen molar-refractivity contribution in [3.05, 3.63) is 10.6 Å². The molecule has 2 heterocycles. The van der Waals surface area contributed by atoms with Gasteiger partial charge in [-0.1, -0.05) is 0 Å². The fourth-order valence-corrected chi connectivity index (χ4v) is 3.26. The third kappa shape index (κ3) is 2.20. The monoisotopic (exact) mass is 229 g/mol. The number of thioether (sulfide) groups is 1. The van der Waals surface area contributed by atoms with Crippen LogP contribution in [0.3, 0.4) is 0 Å². The van der Waals surface area contributed by atoms with Crippen molar-refractivity contribution in [2.75, 3.05) is 11.5 Å². The summed E-state index contributed by atoms with van der Waals surface area (Å²) < 4.78 is 2.89. The van der Waals surface area contributed by atoms with Gasteiger partial charge < -0.3 is 4.57 Å². The molecular formula is C9H15N3S2. The third-order valence-corrected chi connectivity index (χ3v) is 4.09. The fourth-order valence-electron chi connectivity index (χ4n) is 1.80. The second-order valence-electron chi connectivity index (χ2n) is 3.74. The van der Waals surface area contributed by atoms with Crippen LogP contribution < -0.4 is 0 Å². The smallest absolute Gasteiger partial charge is 0.195 e. The Hall–Kier alpha value is -0.290. The van der Waals surface area contributed by atoms with Crippen LogP contribution in [0.25, 0.3) is 0 Å². The normalized spacial score (nSPS) is 18.6. The minimum atomic E-state index is 0.765. The molecule has 0 aromatic carbocycles. The van der Waals surface area contributed by atoms with Crippen molar-refractivity contribution in [2.45, 2.75) is 26.3 Å². The highest BCUT2D eigenvalue weighted by Crippen LogP contribution is 2.24. The van der Waals surface area contributed by atoms with Gasteiger partial charge in [-0.2, -0.15) is 16.9 Å². The number of H-pyrrole nitrogens is 1. The quantitative estimate of drug-likeness (QED) is 0.791. The first-order chi connectivity index (χ1) is 6.77. The fraction of sp³-hybridized carbons (Fsp3) is 0.778. The summed E-state index contributed by atoms with van der Waals surface area (Å²) in [6, 6.07) is 0. The molecule has 0 amide bonds. The van der Waals surface area contributed by atoms with Crippen LogP contribution in [0.5, 0.6) is 0 Å². The number of aromatic amines is 1. The van der Waals surface area contributed by atoms with Gasteiger partial charge in [-0.3, -0.25) is 5.10 Å². The molecule has 14 heavy (non-hydrogen) atoms. The van der Waals surface area contributed by atoms with E-state index in [4.69, 9.17) is 12.2 Å². The number of nitrogens with one attached hydrogen (secondary N) is 1. The van der Waals surface area contributed by atoms with Gasteiger partial charge in [-0.05, 0) is 49.4 Å². The molecule has 0 spiro atoms. The maximum absolute atomic E-state index is 5.18. The molecule has 0 saturated carbocycles. The number of rotatable bonds is 2. The lowest BCUT2D eigenvalue weighted by molar-refractivity contribution is 0.409. The van der Waals surface area contributed by atoms with Crippen LogP contribution in [0.2, 0.25) is 0 Å². The first-order valence-corrected chi connectivity index (χ1v) is 6.53. The lowest BCUT2D eigenvalue weighted by Crippen LogP contribution is -2.17. The van der Waals surface area contributed by atoms with E-state index in [1.54, 1.807) is 0 Å². The molecule has 1 N–H and O–H groups in total. The minimum Gasteiger partial charge on any atom is -0.304 e. The summed E-state index contributed by atoms with van der Waals surface area (Å²) in [5, 5.41) is 6.96. The number of aromatic nitrogens is 3. The zero-order valence-corrected chi connectivity index (χ0v) is 9.96. The summed E-state index contributed by atoms with van der Waals surface area (Å²) in [4.78, 5) is 0. The molecule has 1 aliphatic heterocycles. The molecule has 3 nitrogen and oxygen atoms in total. The Bertz CT molecular complexity index is 349. The van der Waals surface area contributed by atoms with E-state index >= 15 is 0 Å². The maximum Gasteiger partial charge on any atom is 0.195 e. The van der Waals surface area contributed by atoms with Crippen molar-refractivity contribution in [2.24, 2.45) is 5.92 Å². The van der Waals surface area contributed by atoms with E-state index in [1.165, 1.54) is 24.3 Å². The molecule has 5 heteroatoms. The standard InChI is InChI=1S/C9H15N3S2/c1-7-10-11-9(13)12(7)6-8-2-4-14-5-3-8/h8H,2-6H2,1H3,(H,11,13). The van der Waals surface area contributed by atoms with Crippen molar-refractivity contribution < 1.29 is 0 Å². The van der Waals surface area contributed by atoms with Gasteiger partial charge in [0.05, 0.1) is 0 Å². The van der Waals surface area contributed by atoms with E-state index in [-0.39, 0.29) is 0 Å². The Kier molecular flexibility index (Phi) is 3.28. The first-order valence-electron chi connectivity index (χ1n) is 4.97. The zero-order chi connectivity index (χ0) is 9.97. The molecule has 78 valence electrons. The van der Waals surface area contributed by atoms with Crippen molar-refractivity contribution in [1.82, 2.24) is 14.8 Å². The highest BCUT2D eigenvalue weighted by molar-refractivity contribution is 7.99. The summed E-state index contributed by atoms with van der Waals surface area (Å²) in [5.41, 5.74) is 0. The number of hydrogen-bond acceptors (Lipinski definition) is 3. The van der Waals surface area contributed by atoms with Gasteiger partial charge in [0.1, 0.15) is 5.82 Å². The van der Waals surface area contributed by atoms with E-state index in [9.17, 15) is 0 Å². The molecule has 1 fully saturated rings. The second kappa shape index (κ2) is 4.49. The predicted octanol–water partition coefficient (Wildman–Crippen LogP) is 2.39. The van der Waals surface area contributed by atoms with Crippen LogP contribution in [-0.2, 0) is 6.54 Å². The highest BCUT2D eigenvalue weighted by Gasteiger charge is 2.15. The minimum absolute atomic E-state index is 0.765. The average molecular weight is 229 g/mol. The number of nitrogens with zero attached hydrogens (tertiary/aromatic N) is 2.